The summed E-state index contributed by atoms with van der Waals surface area (Å²) in [5, 5.41) is 1.01. The molecule has 142 valence electrons. The molecule has 1 saturated heterocycles. The second-order valence-electron chi connectivity index (χ2n) is 8.37. The largest absolute Gasteiger partial charge is 0.299 e. The SMILES string of the molecule is CC(C)(C)c1ccc(S(=O)(=O)n2ccc3c(CN4CCC4)cccc32)cc1. The van der Waals surface area contributed by atoms with Gasteiger partial charge in [0.05, 0.1) is 10.4 Å². The summed E-state index contributed by atoms with van der Waals surface area (Å²) >= 11 is 0. The molecular weight excluding hydrogens is 356 g/mol. The normalized spacial score (nSPS) is 15.8. The molecular formula is C22H26N2O2S. The zero-order chi connectivity index (χ0) is 19.2. The van der Waals surface area contributed by atoms with Crippen molar-refractivity contribution in [2.75, 3.05) is 13.1 Å². The lowest BCUT2D eigenvalue weighted by Gasteiger charge is -2.30. The summed E-state index contributed by atoms with van der Waals surface area (Å²) < 4.78 is 27.9. The van der Waals surface area contributed by atoms with Crippen LogP contribution in [0.4, 0.5) is 0 Å². The standard InChI is InChI=1S/C22H26N2O2S/c1-22(2,3)18-8-10-19(11-9-18)27(25,26)24-15-12-20-17(6-4-7-21(20)24)16-23-13-5-14-23/h4,6-12,15H,5,13-14,16H2,1-3H3. The van der Waals surface area contributed by atoms with Crippen molar-refractivity contribution in [2.24, 2.45) is 0 Å². The molecule has 27 heavy (non-hydrogen) atoms. The smallest absolute Gasteiger partial charge is 0.268 e. The zero-order valence-electron chi connectivity index (χ0n) is 16.1. The summed E-state index contributed by atoms with van der Waals surface area (Å²) in [5.74, 6) is 0. The van der Waals surface area contributed by atoms with E-state index in [1.54, 1.807) is 18.3 Å². The fraction of sp³-hybridized carbons (Fsp3) is 0.364. The van der Waals surface area contributed by atoms with Crippen LogP contribution in [-0.2, 0) is 22.0 Å². The van der Waals surface area contributed by atoms with Gasteiger partial charge < -0.3 is 0 Å². The van der Waals surface area contributed by atoms with E-state index < -0.39 is 10.0 Å². The summed E-state index contributed by atoms with van der Waals surface area (Å²) in [6.07, 6.45) is 2.92. The molecule has 2 aromatic carbocycles. The molecule has 4 nitrogen and oxygen atoms in total. The molecule has 2 heterocycles. The van der Waals surface area contributed by atoms with Crippen molar-refractivity contribution in [3.8, 4) is 0 Å². The van der Waals surface area contributed by atoms with E-state index in [4.69, 9.17) is 0 Å². The third-order valence-electron chi connectivity index (χ3n) is 5.41. The lowest BCUT2D eigenvalue weighted by atomic mass is 9.87. The van der Waals surface area contributed by atoms with Gasteiger partial charge in [-0.3, -0.25) is 4.90 Å². The maximum absolute atomic E-state index is 13.2. The fourth-order valence-corrected chi connectivity index (χ4v) is 4.92. The molecule has 4 rings (SSSR count). The summed E-state index contributed by atoms with van der Waals surface area (Å²) in [4.78, 5) is 2.70. The molecule has 5 heteroatoms. The van der Waals surface area contributed by atoms with E-state index in [0.29, 0.717) is 4.90 Å². The van der Waals surface area contributed by atoms with Crippen molar-refractivity contribution >= 4 is 20.9 Å². The number of benzene rings is 2. The number of nitrogens with zero attached hydrogens (tertiary/aromatic N) is 2. The molecule has 1 aliphatic heterocycles. The van der Waals surface area contributed by atoms with Gasteiger partial charge in [0.25, 0.3) is 10.0 Å². The van der Waals surface area contributed by atoms with E-state index in [2.05, 4.69) is 31.7 Å². The number of rotatable bonds is 4. The minimum Gasteiger partial charge on any atom is -0.299 e. The maximum Gasteiger partial charge on any atom is 0.268 e. The van der Waals surface area contributed by atoms with Gasteiger partial charge in [-0.25, -0.2) is 12.4 Å². The van der Waals surface area contributed by atoms with Gasteiger partial charge >= 0.3 is 0 Å². The second kappa shape index (κ2) is 6.50. The molecule has 0 unspecified atom stereocenters. The highest BCUT2D eigenvalue weighted by Gasteiger charge is 2.22. The summed E-state index contributed by atoms with van der Waals surface area (Å²) in [6.45, 7) is 9.48. The van der Waals surface area contributed by atoms with Gasteiger partial charge in [-0.1, -0.05) is 45.0 Å². The van der Waals surface area contributed by atoms with Crippen molar-refractivity contribution < 1.29 is 8.42 Å². The van der Waals surface area contributed by atoms with Crippen LogP contribution in [0.15, 0.2) is 59.6 Å². The van der Waals surface area contributed by atoms with E-state index in [1.165, 1.54) is 16.0 Å². The third kappa shape index (κ3) is 3.30. The van der Waals surface area contributed by atoms with E-state index in [-0.39, 0.29) is 5.41 Å². The molecule has 0 amide bonds. The molecule has 1 aliphatic rings. The molecule has 1 aromatic heterocycles. The Kier molecular flexibility index (Phi) is 4.40. The van der Waals surface area contributed by atoms with Crippen LogP contribution in [0, 0.1) is 0 Å². The molecule has 0 saturated carbocycles. The fourth-order valence-electron chi connectivity index (χ4n) is 3.58. The topological polar surface area (TPSA) is 42.3 Å². The zero-order valence-corrected chi connectivity index (χ0v) is 17.0. The first-order chi connectivity index (χ1) is 12.8. The van der Waals surface area contributed by atoms with Crippen LogP contribution in [0.3, 0.4) is 0 Å². The molecule has 0 N–H and O–H groups in total. The predicted octanol–water partition coefficient (Wildman–Crippen LogP) is 4.38. The molecule has 1 fully saturated rings. The second-order valence-corrected chi connectivity index (χ2v) is 10.2. The van der Waals surface area contributed by atoms with Crippen LogP contribution in [0.2, 0.25) is 0 Å². The van der Waals surface area contributed by atoms with Crippen LogP contribution in [0.1, 0.15) is 38.3 Å². The predicted molar refractivity (Wildman–Crippen MR) is 110 cm³/mol. The van der Waals surface area contributed by atoms with Crippen molar-refractivity contribution in [2.45, 2.75) is 44.0 Å². The number of hydrogen-bond acceptors (Lipinski definition) is 3. The van der Waals surface area contributed by atoms with Gasteiger partial charge in [-0.05, 0) is 60.3 Å². The molecule has 0 atom stereocenters. The van der Waals surface area contributed by atoms with Gasteiger partial charge in [-0.2, -0.15) is 0 Å². The molecule has 3 aromatic rings. The number of fused-ring (bicyclic) bond motifs is 1. The minimum atomic E-state index is -3.62. The van der Waals surface area contributed by atoms with Crippen LogP contribution < -0.4 is 0 Å². The van der Waals surface area contributed by atoms with E-state index in [9.17, 15) is 8.42 Å². The highest BCUT2D eigenvalue weighted by atomic mass is 32.2. The number of likely N-dealkylation sites (tertiary alicyclic amines) is 1. The van der Waals surface area contributed by atoms with Gasteiger partial charge in [0.1, 0.15) is 0 Å². The molecule has 0 bridgehead atoms. The van der Waals surface area contributed by atoms with Crippen molar-refractivity contribution in [1.82, 2.24) is 8.87 Å². The van der Waals surface area contributed by atoms with Gasteiger partial charge in [0, 0.05) is 18.1 Å². The van der Waals surface area contributed by atoms with Gasteiger partial charge in [-0.15, -0.1) is 0 Å². The Morgan fingerprint density at radius 1 is 0.963 bits per heavy atom. The van der Waals surface area contributed by atoms with Crippen molar-refractivity contribution in [1.29, 1.82) is 0 Å². The molecule has 0 radical (unpaired) electrons. The van der Waals surface area contributed by atoms with Crippen LogP contribution in [-0.4, -0.2) is 30.4 Å². The Morgan fingerprint density at radius 3 is 2.26 bits per heavy atom. The van der Waals surface area contributed by atoms with Gasteiger partial charge in [0.15, 0.2) is 0 Å². The van der Waals surface area contributed by atoms with Gasteiger partial charge in [0.2, 0.25) is 0 Å². The lowest BCUT2D eigenvalue weighted by molar-refractivity contribution is 0.173. The average Bonchev–Trinajstić information content (AvgIpc) is 3.03. The first kappa shape index (κ1) is 18.3. The Bertz CT molecular complexity index is 1070. The van der Waals surface area contributed by atoms with E-state index in [1.807, 2.05) is 30.3 Å². The summed E-state index contributed by atoms with van der Waals surface area (Å²) in [7, 11) is -3.62. The Balaban J connectivity index is 1.73. The number of hydrogen-bond donors (Lipinski definition) is 0. The van der Waals surface area contributed by atoms with Crippen molar-refractivity contribution in [3.05, 3.63) is 65.9 Å². The van der Waals surface area contributed by atoms with E-state index in [0.717, 1.165) is 36.1 Å². The van der Waals surface area contributed by atoms with Crippen LogP contribution in [0.25, 0.3) is 10.9 Å². The quantitative estimate of drug-likeness (QED) is 0.672. The minimum absolute atomic E-state index is 0.00576. The lowest BCUT2D eigenvalue weighted by Crippen LogP contribution is -2.36. The van der Waals surface area contributed by atoms with Crippen LogP contribution >= 0.6 is 0 Å². The maximum atomic E-state index is 13.2. The van der Waals surface area contributed by atoms with E-state index >= 15 is 0 Å². The Labute approximate surface area is 161 Å². The Morgan fingerprint density at radius 2 is 1.67 bits per heavy atom. The Hall–Kier alpha value is -2.11. The monoisotopic (exact) mass is 382 g/mol. The number of aromatic nitrogens is 1. The first-order valence-corrected chi connectivity index (χ1v) is 10.9. The third-order valence-corrected chi connectivity index (χ3v) is 7.11. The highest BCUT2D eigenvalue weighted by Crippen LogP contribution is 2.28. The average molecular weight is 383 g/mol. The molecule has 0 spiro atoms. The molecule has 0 aliphatic carbocycles. The van der Waals surface area contributed by atoms with Crippen LogP contribution in [0.5, 0.6) is 0 Å². The van der Waals surface area contributed by atoms with Crippen molar-refractivity contribution in [3.63, 3.8) is 0 Å². The summed E-state index contributed by atoms with van der Waals surface area (Å²) in [5.41, 5.74) is 3.04. The highest BCUT2D eigenvalue weighted by molar-refractivity contribution is 7.90. The first-order valence-electron chi connectivity index (χ1n) is 9.44. The summed E-state index contributed by atoms with van der Waals surface area (Å²) in [6, 6.07) is 15.1.